The molecule has 0 aliphatic rings. The van der Waals surface area contributed by atoms with Crippen LogP contribution >= 0.6 is 0 Å². The molecular formula is C9H15N3O. The minimum Gasteiger partial charge on any atom is -0.467 e. The summed E-state index contributed by atoms with van der Waals surface area (Å²) >= 11 is 0. The van der Waals surface area contributed by atoms with E-state index in [-0.39, 0.29) is 5.54 Å². The molecule has 4 nitrogen and oxygen atoms in total. The SMILES string of the molecule is CCC(C)(N)c1cnc(OC)nc1. The Morgan fingerprint density at radius 2 is 2.00 bits per heavy atom. The zero-order valence-electron chi connectivity index (χ0n) is 8.24. The van der Waals surface area contributed by atoms with Crippen molar-refractivity contribution in [1.82, 2.24) is 9.97 Å². The first-order chi connectivity index (χ1) is 6.10. The van der Waals surface area contributed by atoms with Gasteiger partial charge in [0.15, 0.2) is 0 Å². The van der Waals surface area contributed by atoms with Crippen molar-refractivity contribution in [3.8, 4) is 6.01 Å². The Labute approximate surface area is 78.1 Å². The molecule has 0 spiro atoms. The molecule has 0 amide bonds. The highest BCUT2D eigenvalue weighted by Crippen LogP contribution is 2.19. The van der Waals surface area contributed by atoms with Gasteiger partial charge in [0.1, 0.15) is 0 Å². The highest BCUT2D eigenvalue weighted by molar-refractivity contribution is 5.17. The summed E-state index contributed by atoms with van der Waals surface area (Å²) in [7, 11) is 1.54. The second-order valence-corrected chi connectivity index (χ2v) is 3.23. The van der Waals surface area contributed by atoms with E-state index in [9.17, 15) is 0 Å². The summed E-state index contributed by atoms with van der Waals surface area (Å²) in [5, 5.41) is 0. The monoisotopic (exact) mass is 181 g/mol. The lowest BCUT2D eigenvalue weighted by Gasteiger charge is -2.22. The topological polar surface area (TPSA) is 61.0 Å². The summed E-state index contributed by atoms with van der Waals surface area (Å²) in [6.45, 7) is 3.99. The lowest BCUT2D eigenvalue weighted by Crippen LogP contribution is -2.32. The number of hydrogen-bond acceptors (Lipinski definition) is 4. The van der Waals surface area contributed by atoms with Gasteiger partial charge in [-0.3, -0.25) is 0 Å². The summed E-state index contributed by atoms with van der Waals surface area (Å²) in [5.41, 5.74) is 6.58. The van der Waals surface area contributed by atoms with Crippen molar-refractivity contribution >= 4 is 0 Å². The van der Waals surface area contributed by atoms with Gasteiger partial charge < -0.3 is 10.5 Å². The van der Waals surface area contributed by atoms with Crippen molar-refractivity contribution in [2.75, 3.05) is 7.11 Å². The average Bonchev–Trinajstić information content (AvgIpc) is 2.18. The Morgan fingerprint density at radius 1 is 1.46 bits per heavy atom. The molecule has 13 heavy (non-hydrogen) atoms. The number of methoxy groups -OCH3 is 1. The second kappa shape index (κ2) is 3.70. The van der Waals surface area contributed by atoms with E-state index in [0.717, 1.165) is 12.0 Å². The zero-order chi connectivity index (χ0) is 9.90. The third kappa shape index (κ3) is 2.15. The molecule has 1 unspecified atom stereocenters. The van der Waals surface area contributed by atoms with Crippen molar-refractivity contribution in [2.24, 2.45) is 5.73 Å². The van der Waals surface area contributed by atoms with Gasteiger partial charge in [-0.15, -0.1) is 0 Å². The Balaban J connectivity index is 2.92. The normalized spacial score (nSPS) is 15.1. The van der Waals surface area contributed by atoms with Crippen molar-refractivity contribution in [1.29, 1.82) is 0 Å². The maximum absolute atomic E-state index is 6.01. The van der Waals surface area contributed by atoms with Gasteiger partial charge in [0.05, 0.1) is 7.11 Å². The Bertz CT molecular complexity index is 269. The van der Waals surface area contributed by atoms with E-state index >= 15 is 0 Å². The van der Waals surface area contributed by atoms with E-state index in [2.05, 4.69) is 9.97 Å². The van der Waals surface area contributed by atoms with Crippen LogP contribution in [0.5, 0.6) is 6.01 Å². The molecule has 1 rings (SSSR count). The number of hydrogen-bond donors (Lipinski definition) is 1. The smallest absolute Gasteiger partial charge is 0.316 e. The minimum absolute atomic E-state index is 0.355. The van der Waals surface area contributed by atoms with Crippen LogP contribution in [-0.4, -0.2) is 17.1 Å². The maximum atomic E-state index is 6.01. The molecule has 72 valence electrons. The van der Waals surface area contributed by atoms with Crippen LogP contribution in [0.3, 0.4) is 0 Å². The fourth-order valence-electron chi connectivity index (χ4n) is 0.921. The molecule has 4 heteroatoms. The molecule has 1 atom stereocenters. The Morgan fingerprint density at radius 3 is 2.38 bits per heavy atom. The lowest BCUT2D eigenvalue weighted by molar-refractivity contribution is 0.376. The van der Waals surface area contributed by atoms with Crippen molar-refractivity contribution in [3.05, 3.63) is 18.0 Å². The zero-order valence-corrected chi connectivity index (χ0v) is 8.24. The number of ether oxygens (including phenoxy) is 1. The van der Waals surface area contributed by atoms with Crippen LogP contribution in [0.2, 0.25) is 0 Å². The van der Waals surface area contributed by atoms with Crippen LogP contribution in [0.25, 0.3) is 0 Å². The molecule has 0 radical (unpaired) electrons. The van der Waals surface area contributed by atoms with Gasteiger partial charge in [0.2, 0.25) is 0 Å². The molecule has 2 N–H and O–H groups in total. The van der Waals surface area contributed by atoms with E-state index in [1.807, 2.05) is 13.8 Å². The van der Waals surface area contributed by atoms with Crippen LogP contribution in [0, 0.1) is 0 Å². The molecule has 0 saturated carbocycles. The van der Waals surface area contributed by atoms with E-state index < -0.39 is 0 Å². The fraction of sp³-hybridized carbons (Fsp3) is 0.556. The number of nitrogens with two attached hydrogens (primary N) is 1. The molecule has 1 aromatic rings. The van der Waals surface area contributed by atoms with Crippen LogP contribution in [0.15, 0.2) is 12.4 Å². The molecule has 0 bridgehead atoms. The summed E-state index contributed by atoms with van der Waals surface area (Å²) in [6, 6.07) is 0.371. The largest absolute Gasteiger partial charge is 0.467 e. The Hall–Kier alpha value is -1.16. The predicted molar refractivity (Wildman–Crippen MR) is 50.4 cm³/mol. The van der Waals surface area contributed by atoms with Crippen LogP contribution < -0.4 is 10.5 Å². The second-order valence-electron chi connectivity index (χ2n) is 3.23. The van der Waals surface area contributed by atoms with Crippen molar-refractivity contribution in [3.63, 3.8) is 0 Å². The first kappa shape index (κ1) is 9.92. The van der Waals surface area contributed by atoms with Crippen LogP contribution in [-0.2, 0) is 5.54 Å². The molecule has 1 heterocycles. The van der Waals surface area contributed by atoms with Crippen molar-refractivity contribution in [2.45, 2.75) is 25.8 Å². The standard InChI is InChI=1S/C9H15N3O/c1-4-9(2,10)7-5-11-8(13-3)12-6-7/h5-6H,4,10H2,1-3H3. The van der Waals surface area contributed by atoms with Gasteiger partial charge in [-0.2, -0.15) is 0 Å². The molecule has 0 aliphatic heterocycles. The fourth-order valence-corrected chi connectivity index (χ4v) is 0.921. The number of aromatic nitrogens is 2. The highest BCUT2D eigenvalue weighted by Gasteiger charge is 2.19. The average molecular weight is 181 g/mol. The van der Waals surface area contributed by atoms with Gasteiger partial charge in [-0.25, -0.2) is 9.97 Å². The van der Waals surface area contributed by atoms with E-state index in [1.165, 1.54) is 7.11 Å². The van der Waals surface area contributed by atoms with Gasteiger partial charge >= 0.3 is 6.01 Å². The summed E-state index contributed by atoms with van der Waals surface area (Å²) in [6.07, 6.45) is 4.26. The molecule has 1 aromatic heterocycles. The van der Waals surface area contributed by atoms with Gasteiger partial charge in [-0.05, 0) is 13.3 Å². The first-order valence-corrected chi connectivity index (χ1v) is 4.25. The number of nitrogens with zero attached hydrogens (tertiary/aromatic N) is 2. The molecule has 0 aromatic carbocycles. The minimum atomic E-state index is -0.355. The van der Waals surface area contributed by atoms with E-state index in [1.54, 1.807) is 12.4 Å². The van der Waals surface area contributed by atoms with Gasteiger partial charge in [-0.1, -0.05) is 6.92 Å². The molecule has 0 aliphatic carbocycles. The first-order valence-electron chi connectivity index (χ1n) is 4.25. The van der Waals surface area contributed by atoms with E-state index in [0.29, 0.717) is 6.01 Å². The summed E-state index contributed by atoms with van der Waals surface area (Å²) in [5.74, 6) is 0. The molecule has 0 fully saturated rings. The maximum Gasteiger partial charge on any atom is 0.316 e. The third-order valence-electron chi connectivity index (χ3n) is 2.20. The highest BCUT2D eigenvalue weighted by atomic mass is 16.5. The van der Waals surface area contributed by atoms with Crippen molar-refractivity contribution < 1.29 is 4.74 Å². The van der Waals surface area contributed by atoms with Crippen LogP contribution in [0.1, 0.15) is 25.8 Å². The Kier molecular flexibility index (Phi) is 2.83. The van der Waals surface area contributed by atoms with Crippen LogP contribution in [0.4, 0.5) is 0 Å². The predicted octanol–water partition coefficient (Wildman–Crippen LogP) is 1.07. The summed E-state index contributed by atoms with van der Waals surface area (Å²) in [4.78, 5) is 8.00. The van der Waals surface area contributed by atoms with Gasteiger partial charge in [0, 0.05) is 23.5 Å². The number of rotatable bonds is 3. The molecule has 0 saturated heterocycles. The quantitative estimate of drug-likeness (QED) is 0.757. The third-order valence-corrected chi connectivity index (χ3v) is 2.20. The molecular weight excluding hydrogens is 166 g/mol. The lowest BCUT2D eigenvalue weighted by atomic mass is 9.93. The summed E-state index contributed by atoms with van der Waals surface area (Å²) < 4.78 is 4.85. The van der Waals surface area contributed by atoms with Gasteiger partial charge in [0.25, 0.3) is 0 Å². The van der Waals surface area contributed by atoms with E-state index in [4.69, 9.17) is 10.5 Å².